The predicted molar refractivity (Wildman–Crippen MR) is 131 cm³/mol. The molecule has 1 aliphatic heterocycles. The van der Waals surface area contributed by atoms with Crippen molar-refractivity contribution in [3.8, 4) is 5.75 Å². The van der Waals surface area contributed by atoms with Gasteiger partial charge in [-0.3, -0.25) is 9.59 Å². The molecule has 3 aromatic carbocycles. The minimum atomic E-state index is -0.337. The summed E-state index contributed by atoms with van der Waals surface area (Å²) in [5, 5.41) is 0. The molecule has 0 spiro atoms. The smallest absolute Gasteiger partial charge is 0.282 e. The standard InChI is InChI=1S/C27H27N3O3/c1-28(2)21-11-8-12-22(17-21)30-26(31)24(20-13-15-23(33-4)16-14-20)25(27(30)32)29(3)18-19-9-6-5-7-10-19/h5-17H,18H2,1-4H3. The molecule has 1 heterocycles. The fourth-order valence-corrected chi connectivity index (χ4v) is 3.97. The first-order chi connectivity index (χ1) is 15.9. The quantitative estimate of drug-likeness (QED) is 0.515. The summed E-state index contributed by atoms with van der Waals surface area (Å²) in [5.41, 5.74) is 3.95. The fraction of sp³-hybridized carbons (Fsp3) is 0.185. The van der Waals surface area contributed by atoms with Crippen molar-refractivity contribution in [1.82, 2.24) is 4.90 Å². The summed E-state index contributed by atoms with van der Waals surface area (Å²) in [4.78, 5) is 32.5. The number of imide groups is 1. The van der Waals surface area contributed by atoms with E-state index in [0.717, 1.165) is 11.3 Å². The molecule has 0 N–H and O–H groups in total. The van der Waals surface area contributed by atoms with Crippen molar-refractivity contribution in [2.24, 2.45) is 0 Å². The van der Waals surface area contributed by atoms with E-state index >= 15 is 0 Å². The van der Waals surface area contributed by atoms with Gasteiger partial charge in [0, 0.05) is 33.4 Å². The van der Waals surface area contributed by atoms with E-state index in [9.17, 15) is 9.59 Å². The second-order valence-corrected chi connectivity index (χ2v) is 8.15. The van der Waals surface area contributed by atoms with Crippen LogP contribution < -0.4 is 14.5 Å². The zero-order valence-electron chi connectivity index (χ0n) is 19.3. The van der Waals surface area contributed by atoms with Crippen LogP contribution in [0.25, 0.3) is 5.57 Å². The molecular weight excluding hydrogens is 414 g/mol. The highest BCUT2D eigenvalue weighted by Crippen LogP contribution is 2.36. The second-order valence-electron chi connectivity index (χ2n) is 8.15. The van der Waals surface area contributed by atoms with E-state index in [1.54, 1.807) is 25.3 Å². The van der Waals surface area contributed by atoms with Crippen LogP contribution in [-0.4, -0.2) is 45.0 Å². The van der Waals surface area contributed by atoms with Gasteiger partial charge in [0.15, 0.2) is 0 Å². The first-order valence-corrected chi connectivity index (χ1v) is 10.7. The molecule has 0 saturated heterocycles. The van der Waals surface area contributed by atoms with Gasteiger partial charge in [-0.2, -0.15) is 0 Å². The number of anilines is 2. The molecule has 6 heteroatoms. The number of rotatable bonds is 7. The lowest BCUT2D eigenvalue weighted by atomic mass is 10.0. The van der Waals surface area contributed by atoms with Crippen LogP contribution in [0.15, 0.2) is 84.6 Å². The van der Waals surface area contributed by atoms with Gasteiger partial charge < -0.3 is 14.5 Å². The summed E-state index contributed by atoms with van der Waals surface area (Å²) in [5.74, 6) is 0.0157. The van der Waals surface area contributed by atoms with Crippen molar-refractivity contribution >= 4 is 28.8 Å². The molecule has 0 atom stereocenters. The largest absolute Gasteiger partial charge is 0.497 e. The number of methoxy groups -OCH3 is 1. The minimum absolute atomic E-state index is 0.333. The maximum absolute atomic E-state index is 13.7. The van der Waals surface area contributed by atoms with Gasteiger partial charge in [-0.25, -0.2) is 4.90 Å². The van der Waals surface area contributed by atoms with E-state index in [2.05, 4.69) is 0 Å². The van der Waals surface area contributed by atoms with Gasteiger partial charge in [0.1, 0.15) is 11.4 Å². The molecule has 0 unspecified atom stereocenters. The highest BCUT2D eigenvalue weighted by Gasteiger charge is 2.41. The Balaban J connectivity index is 1.79. The molecule has 168 valence electrons. The van der Waals surface area contributed by atoms with E-state index < -0.39 is 0 Å². The van der Waals surface area contributed by atoms with Gasteiger partial charge >= 0.3 is 0 Å². The molecule has 4 rings (SSSR count). The Hall–Kier alpha value is -4.06. The number of nitrogens with zero attached hydrogens (tertiary/aromatic N) is 3. The number of ether oxygens (including phenoxy) is 1. The summed E-state index contributed by atoms with van der Waals surface area (Å²) in [7, 11) is 7.29. The van der Waals surface area contributed by atoms with E-state index in [-0.39, 0.29) is 11.8 Å². The third-order valence-electron chi connectivity index (χ3n) is 5.69. The first-order valence-electron chi connectivity index (χ1n) is 10.7. The van der Waals surface area contributed by atoms with E-state index in [0.29, 0.717) is 34.8 Å². The number of likely N-dealkylation sites (N-methyl/N-ethyl adjacent to an activating group) is 1. The Labute approximate surface area is 194 Å². The number of amides is 2. The minimum Gasteiger partial charge on any atom is -0.497 e. The van der Waals surface area contributed by atoms with Crippen LogP contribution in [0.3, 0.4) is 0 Å². The van der Waals surface area contributed by atoms with E-state index in [4.69, 9.17) is 4.74 Å². The molecule has 33 heavy (non-hydrogen) atoms. The lowest BCUT2D eigenvalue weighted by molar-refractivity contribution is -0.120. The SMILES string of the molecule is COc1ccc(C2=C(N(C)Cc3ccccc3)C(=O)N(c3cccc(N(C)C)c3)C2=O)cc1. The van der Waals surface area contributed by atoms with Crippen molar-refractivity contribution in [3.05, 3.63) is 95.7 Å². The summed E-state index contributed by atoms with van der Waals surface area (Å²) < 4.78 is 5.27. The summed E-state index contributed by atoms with van der Waals surface area (Å²) in [6.07, 6.45) is 0. The van der Waals surface area contributed by atoms with Crippen molar-refractivity contribution in [3.63, 3.8) is 0 Å². The molecule has 0 bridgehead atoms. The Morgan fingerprint density at radius 3 is 2.15 bits per heavy atom. The van der Waals surface area contributed by atoms with Gasteiger partial charge in [0.2, 0.25) is 0 Å². The highest BCUT2D eigenvalue weighted by molar-refractivity contribution is 6.45. The van der Waals surface area contributed by atoms with Crippen molar-refractivity contribution in [2.75, 3.05) is 38.1 Å². The predicted octanol–water partition coefficient (Wildman–Crippen LogP) is 4.18. The van der Waals surface area contributed by atoms with E-state index in [1.807, 2.05) is 91.6 Å². The number of benzene rings is 3. The highest BCUT2D eigenvalue weighted by atomic mass is 16.5. The molecule has 0 radical (unpaired) electrons. The van der Waals surface area contributed by atoms with Crippen LogP contribution >= 0.6 is 0 Å². The molecule has 0 saturated carbocycles. The third-order valence-corrected chi connectivity index (χ3v) is 5.69. The van der Waals surface area contributed by atoms with Crippen LogP contribution in [0.5, 0.6) is 5.75 Å². The first kappa shape index (κ1) is 22.1. The van der Waals surface area contributed by atoms with Gasteiger partial charge in [-0.15, -0.1) is 0 Å². The van der Waals surface area contributed by atoms with Crippen molar-refractivity contribution in [1.29, 1.82) is 0 Å². The summed E-state index contributed by atoms with van der Waals surface area (Å²) >= 11 is 0. The van der Waals surface area contributed by atoms with Gasteiger partial charge in [0.25, 0.3) is 11.8 Å². The van der Waals surface area contributed by atoms with Gasteiger partial charge in [-0.05, 0) is 41.5 Å². The third kappa shape index (κ3) is 4.32. The van der Waals surface area contributed by atoms with Gasteiger partial charge in [-0.1, -0.05) is 48.5 Å². The lowest BCUT2D eigenvalue weighted by Gasteiger charge is -2.22. The number of carbonyl (C=O) groups is 2. The van der Waals surface area contributed by atoms with Crippen molar-refractivity contribution < 1.29 is 14.3 Å². The lowest BCUT2D eigenvalue weighted by Crippen LogP contribution is -2.34. The Morgan fingerprint density at radius 2 is 1.52 bits per heavy atom. The molecule has 6 nitrogen and oxygen atoms in total. The molecule has 0 fully saturated rings. The zero-order valence-corrected chi connectivity index (χ0v) is 19.3. The average molecular weight is 442 g/mol. The molecule has 2 amide bonds. The average Bonchev–Trinajstić information content (AvgIpc) is 3.09. The number of carbonyl (C=O) groups excluding carboxylic acids is 2. The van der Waals surface area contributed by atoms with Crippen LogP contribution in [0, 0.1) is 0 Å². The topological polar surface area (TPSA) is 53.1 Å². The maximum Gasteiger partial charge on any atom is 0.282 e. The Morgan fingerprint density at radius 1 is 0.818 bits per heavy atom. The number of hydrogen-bond donors (Lipinski definition) is 0. The molecular formula is C27H27N3O3. The van der Waals surface area contributed by atoms with E-state index in [1.165, 1.54) is 4.90 Å². The summed E-state index contributed by atoms with van der Waals surface area (Å²) in [6, 6.07) is 24.5. The zero-order chi connectivity index (χ0) is 23.5. The van der Waals surface area contributed by atoms with Crippen LogP contribution in [-0.2, 0) is 16.1 Å². The monoisotopic (exact) mass is 441 g/mol. The van der Waals surface area contributed by atoms with Crippen LogP contribution in [0.2, 0.25) is 0 Å². The molecule has 0 aromatic heterocycles. The maximum atomic E-state index is 13.7. The molecule has 0 aliphatic carbocycles. The van der Waals surface area contributed by atoms with Crippen LogP contribution in [0.1, 0.15) is 11.1 Å². The van der Waals surface area contributed by atoms with Crippen molar-refractivity contribution in [2.45, 2.75) is 6.54 Å². The fourth-order valence-electron chi connectivity index (χ4n) is 3.97. The number of hydrogen-bond acceptors (Lipinski definition) is 5. The Kier molecular flexibility index (Phi) is 6.18. The summed E-state index contributed by atoms with van der Waals surface area (Å²) in [6.45, 7) is 0.500. The van der Waals surface area contributed by atoms with Gasteiger partial charge in [0.05, 0.1) is 18.4 Å². The Bertz CT molecular complexity index is 1200. The molecule has 3 aromatic rings. The second kappa shape index (κ2) is 9.20. The normalized spacial score (nSPS) is 13.5. The molecule has 1 aliphatic rings. The van der Waals surface area contributed by atoms with Crippen LogP contribution in [0.4, 0.5) is 11.4 Å².